The molecule has 1 saturated heterocycles. The summed E-state index contributed by atoms with van der Waals surface area (Å²) in [6.45, 7) is 4.94. The molecule has 1 aromatic heterocycles. The van der Waals surface area contributed by atoms with Crippen LogP contribution in [-0.4, -0.2) is 35.9 Å². The van der Waals surface area contributed by atoms with Crippen LogP contribution in [-0.2, 0) is 11.3 Å². The lowest BCUT2D eigenvalue weighted by Gasteiger charge is -2.12. The quantitative estimate of drug-likeness (QED) is 0.757. The van der Waals surface area contributed by atoms with E-state index in [0.717, 1.165) is 38.8 Å². The molecule has 1 saturated carbocycles. The summed E-state index contributed by atoms with van der Waals surface area (Å²) in [5.74, 6) is 1.50. The number of nitrogens with zero attached hydrogens (tertiary/aromatic N) is 2. The van der Waals surface area contributed by atoms with E-state index in [1.807, 2.05) is 12.5 Å². The Morgan fingerprint density at radius 3 is 3.12 bits per heavy atom. The molecular formula is C13H21N3O. The van der Waals surface area contributed by atoms with Crippen LogP contribution in [0.1, 0.15) is 30.9 Å². The molecule has 3 rings (SSSR count). The molecule has 2 aliphatic rings. The maximum absolute atomic E-state index is 5.68. The van der Waals surface area contributed by atoms with Crippen molar-refractivity contribution in [3.8, 4) is 0 Å². The molecule has 1 unspecified atom stereocenters. The monoisotopic (exact) mass is 235 g/mol. The smallest absolute Gasteiger partial charge is 0.0949 e. The van der Waals surface area contributed by atoms with Gasteiger partial charge in [0, 0.05) is 37.5 Å². The van der Waals surface area contributed by atoms with Crippen LogP contribution < -0.4 is 5.32 Å². The highest BCUT2D eigenvalue weighted by Gasteiger charge is 2.22. The number of ether oxygens (including phenoxy) is 1. The Labute approximate surface area is 102 Å². The fourth-order valence-corrected chi connectivity index (χ4v) is 2.46. The fraction of sp³-hybridized carbons (Fsp3) is 0.769. The molecular weight excluding hydrogens is 214 g/mol. The van der Waals surface area contributed by atoms with Gasteiger partial charge < -0.3 is 14.6 Å². The van der Waals surface area contributed by atoms with E-state index in [4.69, 9.17) is 4.74 Å². The van der Waals surface area contributed by atoms with Crippen molar-refractivity contribution in [3.63, 3.8) is 0 Å². The summed E-state index contributed by atoms with van der Waals surface area (Å²) >= 11 is 0. The summed E-state index contributed by atoms with van der Waals surface area (Å²) < 4.78 is 7.94. The van der Waals surface area contributed by atoms with E-state index in [0.29, 0.717) is 5.92 Å². The number of imidazole rings is 1. The summed E-state index contributed by atoms with van der Waals surface area (Å²) in [6.07, 6.45) is 7.91. The van der Waals surface area contributed by atoms with Crippen molar-refractivity contribution in [1.82, 2.24) is 14.9 Å². The zero-order valence-electron chi connectivity index (χ0n) is 10.3. The van der Waals surface area contributed by atoms with Crippen molar-refractivity contribution in [1.29, 1.82) is 0 Å². The molecule has 0 bridgehead atoms. The molecule has 4 heteroatoms. The number of hydrogen-bond acceptors (Lipinski definition) is 3. The standard InChI is InChI=1S/C13H21N3O/c1-2-11(1)9-17-6-5-16-10-15-8-13(16)12-3-4-14-7-12/h8,10-12,14H,1-7,9H2. The molecule has 94 valence electrons. The average molecular weight is 235 g/mol. The summed E-state index contributed by atoms with van der Waals surface area (Å²) in [6, 6.07) is 0. The van der Waals surface area contributed by atoms with Gasteiger partial charge >= 0.3 is 0 Å². The first kappa shape index (κ1) is 11.2. The van der Waals surface area contributed by atoms with Gasteiger partial charge in [-0.1, -0.05) is 0 Å². The van der Waals surface area contributed by atoms with Crippen LogP contribution in [0.3, 0.4) is 0 Å². The summed E-state index contributed by atoms with van der Waals surface area (Å²) in [4.78, 5) is 4.27. The third-order valence-electron chi connectivity index (χ3n) is 3.75. The predicted octanol–water partition coefficient (Wildman–Crippen LogP) is 1.39. The van der Waals surface area contributed by atoms with E-state index in [-0.39, 0.29) is 0 Å². The van der Waals surface area contributed by atoms with Gasteiger partial charge in [-0.2, -0.15) is 0 Å². The van der Waals surface area contributed by atoms with Gasteiger partial charge in [0.2, 0.25) is 0 Å². The van der Waals surface area contributed by atoms with Crippen LogP contribution in [0.4, 0.5) is 0 Å². The van der Waals surface area contributed by atoms with Crippen molar-refractivity contribution < 1.29 is 4.74 Å². The van der Waals surface area contributed by atoms with E-state index in [9.17, 15) is 0 Å². The van der Waals surface area contributed by atoms with Gasteiger partial charge in [-0.25, -0.2) is 4.98 Å². The molecule has 1 aromatic rings. The molecule has 4 nitrogen and oxygen atoms in total. The van der Waals surface area contributed by atoms with Gasteiger partial charge in [0.15, 0.2) is 0 Å². The summed E-state index contributed by atoms with van der Waals surface area (Å²) in [5.41, 5.74) is 1.37. The van der Waals surface area contributed by atoms with Crippen LogP contribution >= 0.6 is 0 Å². The van der Waals surface area contributed by atoms with Crippen LogP contribution in [0.25, 0.3) is 0 Å². The van der Waals surface area contributed by atoms with Crippen molar-refractivity contribution in [2.45, 2.75) is 31.7 Å². The van der Waals surface area contributed by atoms with Gasteiger partial charge in [-0.05, 0) is 31.7 Å². The number of rotatable bonds is 6. The lowest BCUT2D eigenvalue weighted by molar-refractivity contribution is 0.116. The Kier molecular flexibility index (Phi) is 3.43. The normalized spacial score (nSPS) is 24.4. The minimum Gasteiger partial charge on any atom is -0.379 e. The number of hydrogen-bond donors (Lipinski definition) is 1. The van der Waals surface area contributed by atoms with Crippen LogP contribution in [0.2, 0.25) is 0 Å². The highest BCUT2D eigenvalue weighted by atomic mass is 16.5. The second-order valence-corrected chi connectivity index (χ2v) is 5.22. The Morgan fingerprint density at radius 1 is 1.41 bits per heavy atom. The Bertz CT molecular complexity index is 353. The molecule has 1 aliphatic heterocycles. The highest BCUT2D eigenvalue weighted by molar-refractivity contribution is 5.09. The minimum absolute atomic E-state index is 0.640. The Hall–Kier alpha value is -0.870. The van der Waals surface area contributed by atoms with Crippen LogP contribution in [0, 0.1) is 5.92 Å². The van der Waals surface area contributed by atoms with Gasteiger partial charge in [-0.15, -0.1) is 0 Å². The second kappa shape index (κ2) is 5.19. The van der Waals surface area contributed by atoms with E-state index in [2.05, 4.69) is 14.9 Å². The van der Waals surface area contributed by atoms with Crippen molar-refractivity contribution in [2.75, 3.05) is 26.3 Å². The molecule has 2 fully saturated rings. The molecule has 0 amide bonds. The molecule has 17 heavy (non-hydrogen) atoms. The Morgan fingerprint density at radius 2 is 2.35 bits per heavy atom. The van der Waals surface area contributed by atoms with E-state index >= 15 is 0 Å². The first-order chi connectivity index (χ1) is 8.43. The van der Waals surface area contributed by atoms with Gasteiger partial charge in [0.05, 0.1) is 12.9 Å². The second-order valence-electron chi connectivity index (χ2n) is 5.22. The fourth-order valence-electron chi connectivity index (χ4n) is 2.46. The van der Waals surface area contributed by atoms with Crippen LogP contribution in [0.15, 0.2) is 12.5 Å². The zero-order valence-corrected chi connectivity index (χ0v) is 10.3. The van der Waals surface area contributed by atoms with Gasteiger partial charge in [0.1, 0.15) is 0 Å². The van der Waals surface area contributed by atoms with Crippen molar-refractivity contribution in [3.05, 3.63) is 18.2 Å². The van der Waals surface area contributed by atoms with Crippen LogP contribution in [0.5, 0.6) is 0 Å². The van der Waals surface area contributed by atoms with Crippen molar-refractivity contribution in [2.24, 2.45) is 5.92 Å². The first-order valence-electron chi connectivity index (χ1n) is 6.72. The van der Waals surface area contributed by atoms with E-state index in [1.54, 1.807) is 0 Å². The van der Waals surface area contributed by atoms with Gasteiger partial charge in [-0.3, -0.25) is 0 Å². The third-order valence-corrected chi connectivity index (χ3v) is 3.75. The average Bonchev–Trinajstić information content (AvgIpc) is 2.82. The summed E-state index contributed by atoms with van der Waals surface area (Å²) in [7, 11) is 0. The molecule has 1 atom stereocenters. The lowest BCUT2D eigenvalue weighted by atomic mass is 10.1. The topological polar surface area (TPSA) is 39.1 Å². The molecule has 1 N–H and O–H groups in total. The largest absolute Gasteiger partial charge is 0.379 e. The Balaban J connectivity index is 1.49. The molecule has 2 heterocycles. The molecule has 1 aliphatic carbocycles. The predicted molar refractivity (Wildman–Crippen MR) is 66.0 cm³/mol. The molecule has 0 aromatic carbocycles. The molecule has 0 radical (unpaired) electrons. The van der Waals surface area contributed by atoms with Crippen molar-refractivity contribution >= 4 is 0 Å². The maximum Gasteiger partial charge on any atom is 0.0949 e. The third kappa shape index (κ3) is 2.87. The summed E-state index contributed by atoms with van der Waals surface area (Å²) in [5, 5.41) is 3.41. The molecule has 0 spiro atoms. The zero-order chi connectivity index (χ0) is 11.5. The number of nitrogens with one attached hydrogen (secondary N) is 1. The SMILES string of the molecule is c1ncn(CCOCC2CC2)c1C1CCNC1. The minimum atomic E-state index is 0.640. The highest BCUT2D eigenvalue weighted by Crippen LogP contribution is 2.28. The van der Waals surface area contributed by atoms with Gasteiger partial charge in [0.25, 0.3) is 0 Å². The number of aromatic nitrogens is 2. The van der Waals surface area contributed by atoms with E-state index in [1.165, 1.54) is 25.0 Å². The first-order valence-corrected chi connectivity index (χ1v) is 6.72. The maximum atomic E-state index is 5.68. The van der Waals surface area contributed by atoms with E-state index < -0.39 is 0 Å². The lowest BCUT2D eigenvalue weighted by Crippen LogP contribution is -2.14.